The number of carbonyl (C=O) groups excluding carboxylic acids is 2. The number of hydrogen-bond donors (Lipinski definition) is 4. The molecule has 0 saturated heterocycles. The number of phenolic OH excluding ortho intramolecular Hbond substituents is 2. The van der Waals surface area contributed by atoms with Crippen LogP contribution in [0.15, 0.2) is 55.1 Å². The lowest BCUT2D eigenvalue weighted by Crippen LogP contribution is -2.13. The largest absolute Gasteiger partial charge is 0.506 e. The standard InChI is InChI=1S/C16H14N2O4/c1-2-14(21)17-11-6-3-5-10(9-11)16(22)18-15-12(19)7-4-8-13(15)20/h2-9,19-20H,1H2,(H,17,21)(H,18,22). The number of benzene rings is 2. The van der Waals surface area contributed by atoms with Crippen molar-refractivity contribution in [1.82, 2.24) is 0 Å². The zero-order chi connectivity index (χ0) is 16.1. The highest BCUT2D eigenvalue weighted by atomic mass is 16.3. The number of phenols is 2. The van der Waals surface area contributed by atoms with E-state index in [1.807, 2.05) is 0 Å². The van der Waals surface area contributed by atoms with Crippen LogP contribution in [0.4, 0.5) is 11.4 Å². The molecule has 0 fully saturated rings. The maximum Gasteiger partial charge on any atom is 0.255 e. The van der Waals surface area contributed by atoms with Gasteiger partial charge >= 0.3 is 0 Å². The van der Waals surface area contributed by atoms with Gasteiger partial charge in [0.1, 0.15) is 17.2 Å². The third-order valence-electron chi connectivity index (χ3n) is 2.84. The van der Waals surface area contributed by atoms with Gasteiger partial charge in [0, 0.05) is 11.3 Å². The van der Waals surface area contributed by atoms with Crippen molar-refractivity contribution in [1.29, 1.82) is 0 Å². The molecule has 6 nitrogen and oxygen atoms in total. The summed E-state index contributed by atoms with van der Waals surface area (Å²) in [4.78, 5) is 23.4. The molecule has 22 heavy (non-hydrogen) atoms. The van der Waals surface area contributed by atoms with Crippen LogP contribution >= 0.6 is 0 Å². The average molecular weight is 298 g/mol. The third-order valence-corrected chi connectivity index (χ3v) is 2.84. The van der Waals surface area contributed by atoms with Crippen molar-refractivity contribution < 1.29 is 19.8 Å². The molecular formula is C16H14N2O4. The normalized spacial score (nSPS) is 9.82. The van der Waals surface area contributed by atoms with E-state index in [1.165, 1.54) is 30.3 Å². The van der Waals surface area contributed by atoms with Gasteiger partial charge in [-0.1, -0.05) is 18.7 Å². The first kappa shape index (κ1) is 15.1. The molecule has 6 heteroatoms. The summed E-state index contributed by atoms with van der Waals surface area (Å²) < 4.78 is 0. The van der Waals surface area contributed by atoms with E-state index in [9.17, 15) is 19.8 Å². The monoisotopic (exact) mass is 298 g/mol. The Morgan fingerprint density at radius 3 is 2.27 bits per heavy atom. The Balaban J connectivity index is 2.21. The highest BCUT2D eigenvalue weighted by molar-refractivity contribution is 6.07. The van der Waals surface area contributed by atoms with Gasteiger partial charge in [0.25, 0.3) is 5.91 Å². The second kappa shape index (κ2) is 6.45. The number of anilines is 2. The molecule has 0 heterocycles. The summed E-state index contributed by atoms with van der Waals surface area (Å²) in [6.07, 6.45) is 1.12. The predicted octanol–water partition coefficient (Wildman–Crippen LogP) is 2.47. The smallest absolute Gasteiger partial charge is 0.255 e. The number of hydrogen-bond acceptors (Lipinski definition) is 4. The summed E-state index contributed by atoms with van der Waals surface area (Å²) in [6, 6.07) is 10.4. The Labute approximate surface area is 126 Å². The lowest BCUT2D eigenvalue weighted by Gasteiger charge is -2.10. The van der Waals surface area contributed by atoms with Crippen LogP contribution in [0, 0.1) is 0 Å². The van der Waals surface area contributed by atoms with Crippen LogP contribution < -0.4 is 10.6 Å². The first-order valence-corrected chi connectivity index (χ1v) is 6.37. The van der Waals surface area contributed by atoms with Crippen LogP contribution in [0.25, 0.3) is 0 Å². The highest BCUT2D eigenvalue weighted by Gasteiger charge is 2.13. The topological polar surface area (TPSA) is 98.7 Å². The van der Waals surface area contributed by atoms with Crippen LogP contribution in [0.2, 0.25) is 0 Å². The summed E-state index contributed by atoms with van der Waals surface area (Å²) in [6.45, 7) is 3.34. The van der Waals surface area contributed by atoms with E-state index in [0.29, 0.717) is 5.69 Å². The van der Waals surface area contributed by atoms with Gasteiger partial charge in [-0.25, -0.2) is 0 Å². The van der Waals surface area contributed by atoms with Crippen LogP contribution in [-0.2, 0) is 4.79 Å². The van der Waals surface area contributed by atoms with E-state index in [-0.39, 0.29) is 22.7 Å². The lowest BCUT2D eigenvalue weighted by atomic mass is 10.1. The molecule has 4 N–H and O–H groups in total. The number of carbonyl (C=O) groups is 2. The molecule has 0 radical (unpaired) electrons. The lowest BCUT2D eigenvalue weighted by molar-refractivity contribution is -0.111. The van der Waals surface area contributed by atoms with Gasteiger partial charge in [-0.2, -0.15) is 0 Å². The molecule has 2 amide bonds. The number of rotatable bonds is 4. The molecule has 0 aliphatic heterocycles. The molecule has 2 aromatic carbocycles. The number of nitrogens with one attached hydrogen (secondary N) is 2. The van der Waals surface area contributed by atoms with E-state index < -0.39 is 11.8 Å². The minimum Gasteiger partial charge on any atom is -0.506 e. The van der Waals surface area contributed by atoms with E-state index in [2.05, 4.69) is 17.2 Å². The Kier molecular flexibility index (Phi) is 4.43. The SMILES string of the molecule is C=CC(=O)Nc1cccc(C(=O)Nc2c(O)cccc2O)c1. The van der Waals surface area contributed by atoms with Crippen molar-refractivity contribution in [2.45, 2.75) is 0 Å². The predicted molar refractivity (Wildman–Crippen MR) is 83.0 cm³/mol. The van der Waals surface area contributed by atoms with Gasteiger partial charge in [0.2, 0.25) is 5.91 Å². The summed E-state index contributed by atoms with van der Waals surface area (Å²) in [5, 5.41) is 24.3. The molecule has 0 saturated carbocycles. The second-order valence-electron chi connectivity index (χ2n) is 4.40. The molecule has 0 bridgehead atoms. The van der Waals surface area contributed by atoms with Crippen molar-refractivity contribution >= 4 is 23.2 Å². The summed E-state index contributed by atoms with van der Waals surface area (Å²) in [5.41, 5.74) is 0.608. The number of aromatic hydroxyl groups is 2. The molecule has 0 aliphatic rings. The fourth-order valence-corrected chi connectivity index (χ4v) is 1.77. The fourth-order valence-electron chi connectivity index (χ4n) is 1.77. The average Bonchev–Trinajstić information content (AvgIpc) is 2.51. The van der Waals surface area contributed by atoms with Crippen molar-refractivity contribution in [3.8, 4) is 11.5 Å². The minimum absolute atomic E-state index is 0.0759. The van der Waals surface area contributed by atoms with Gasteiger partial charge < -0.3 is 20.8 Å². The van der Waals surface area contributed by atoms with Gasteiger partial charge in [0.05, 0.1) is 0 Å². The maximum absolute atomic E-state index is 12.2. The molecule has 0 unspecified atom stereocenters. The fraction of sp³-hybridized carbons (Fsp3) is 0. The van der Waals surface area contributed by atoms with Gasteiger partial charge in [-0.05, 0) is 36.4 Å². The first-order valence-electron chi connectivity index (χ1n) is 6.37. The zero-order valence-corrected chi connectivity index (χ0v) is 11.5. The minimum atomic E-state index is -0.536. The van der Waals surface area contributed by atoms with Crippen molar-refractivity contribution in [3.05, 3.63) is 60.7 Å². The summed E-state index contributed by atoms with van der Waals surface area (Å²) in [7, 11) is 0. The molecule has 0 spiro atoms. The van der Waals surface area contributed by atoms with E-state index >= 15 is 0 Å². The number of amides is 2. The third kappa shape index (κ3) is 3.43. The summed E-state index contributed by atoms with van der Waals surface area (Å²) >= 11 is 0. The Morgan fingerprint density at radius 2 is 1.64 bits per heavy atom. The van der Waals surface area contributed by atoms with Crippen molar-refractivity contribution in [2.75, 3.05) is 10.6 Å². The molecule has 112 valence electrons. The quantitative estimate of drug-likeness (QED) is 0.515. The van der Waals surface area contributed by atoms with E-state index in [4.69, 9.17) is 0 Å². The van der Waals surface area contributed by atoms with Crippen molar-refractivity contribution in [2.24, 2.45) is 0 Å². The molecule has 0 aromatic heterocycles. The van der Waals surface area contributed by atoms with Crippen LogP contribution in [0.3, 0.4) is 0 Å². The van der Waals surface area contributed by atoms with E-state index in [1.54, 1.807) is 12.1 Å². The van der Waals surface area contributed by atoms with Gasteiger partial charge in [-0.3, -0.25) is 9.59 Å². The van der Waals surface area contributed by atoms with Gasteiger partial charge in [0.15, 0.2) is 0 Å². The highest BCUT2D eigenvalue weighted by Crippen LogP contribution is 2.32. The van der Waals surface area contributed by atoms with Gasteiger partial charge in [-0.15, -0.1) is 0 Å². The molecule has 0 aliphatic carbocycles. The molecular weight excluding hydrogens is 284 g/mol. The Hall–Kier alpha value is -3.28. The van der Waals surface area contributed by atoms with Crippen LogP contribution in [-0.4, -0.2) is 22.0 Å². The second-order valence-corrected chi connectivity index (χ2v) is 4.40. The first-order chi connectivity index (χ1) is 10.5. The maximum atomic E-state index is 12.2. The Bertz CT molecular complexity index is 720. The van der Waals surface area contributed by atoms with E-state index in [0.717, 1.165) is 6.08 Å². The molecule has 0 atom stereocenters. The van der Waals surface area contributed by atoms with Crippen LogP contribution in [0.5, 0.6) is 11.5 Å². The molecule has 2 aromatic rings. The molecule has 2 rings (SSSR count). The zero-order valence-electron chi connectivity index (χ0n) is 11.5. The van der Waals surface area contributed by atoms with Crippen LogP contribution in [0.1, 0.15) is 10.4 Å². The van der Waals surface area contributed by atoms with Crippen molar-refractivity contribution in [3.63, 3.8) is 0 Å². The number of para-hydroxylation sites is 1. The summed E-state index contributed by atoms with van der Waals surface area (Å²) in [5.74, 6) is -1.42. The Morgan fingerprint density at radius 1 is 1.00 bits per heavy atom.